The monoisotopic (exact) mass is 278 g/mol. The zero-order valence-corrected chi connectivity index (χ0v) is 9.88. The molecule has 4 nitrogen and oxygen atoms in total. The smallest absolute Gasteiger partial charge is 0.999 e. The Morgan fingerprint density at radius 3 is 1.75 bits per heavy atom. The Labute approximate surface area is 108 Å². The molecule has 0 saturated carbocycles. The summed E-state index contributed by atoms with van der Waals surface area (Å²) >= 11 is -1.93. The normalized spacial score (nSPS) is 7.81. The van der Waals surface area contributed by atoms with Crippen LogP contribution in [0.1, 0.15) is 0 Å². The first-order chi connectivity index (χ1) is 7.27. The predicted molar refractivity (Wildman–Crippen MR) is 49.2 cm³/mol. The first-order valence-electron chi connectivity index (χ1n) is 3.17. The van der Waals surface area contributed by atoms with E-state index in [-0.39, 0.29) is 22.8 Å². The molecular formula is C10H6FeO4S. The van der Waals surface area contributed by atoms with Gasteiger partial charge in [0.05, 0.1) is 0 Å². The van der Waals surface area contributed by atoms with E-state index in [4.69, 9.17) is 9.30 Å². The van der Waals surface area contributed by atoms with Crippen molar-refractivity contribution >= 4 is 11.1 Å². The predicted octanol–water partition coefficient (Wildman–Crippen LogP) is 0.580. The van der Waals surface area contributed by atoms with Gasteiger partial charge in [-0.2, -0.15) is 0 Å². The maximum atomic E-state index is 9.53. The zero-order valence-electron chi connectivity index (χ0n) is 7.96. The van der Waals surface area contributed by atoms with E-state index in [0.29, 0.717) is 0 Å². The maximum absolute atomic E-state index is 9.53. The molecule has 1 atom stereocenters. The molecule has 6 heteroatoms. The minimum Gasteiger partial charge on any atom is -0.999 e. The molecule has 0 bridgehead atoms. The van der Waals surface area contributed by atoms with E-state index >= 15 is 0 Å². The van der Waals surface area contributed by atoms with Crippen molar-refractivity contribution in [2.24, 2.45) is 0 Å². The number of hydrogen-bond donors (Lipinski definition) is 0. The molecule has 0 aromatic heterocycles. The molecule has 1 rings (SSSR count). The third-order valence-corrected chi connectivity index (χ3v) is 1.11. The van der Waals surface area contributed by atoms with Crippen LogP contribution in [0.15, 0.2) is 18.7 Å². The molecule has 16 heavy (non-hydrogen) atoms. The largest absolute Gasteiger partial charge is 6.00 e. The molecule has 0 saturated heterocycles. The summed E-state index contributed by atoms with van der Waals surface area (Å²) in [5.74, 6) is 0.0556. The van der Waals surface area contributed by atoms with Crippen LogP contribution < -0.4 is 0 Å². The molecule has 0 N–H and O–H groups in total. The third kappa shape index (κ3) is 37.9. The van der Waals surface area contributed by atoms with Gasteiger partial charge in [0.1, 0.15) is 0 Å². The van der Waals surface area contributed by atoms with Crippen LogP contribution in [0.2, 0.25) is 0 Å². The molecule has 0 radical (unpaired) electrons. The van der Waals surface area contributed by atoms with Gasteiger partial charge in [-0.05, 0) is 0 Å². The molecule has 1 aromatic rings. The maximum Gasteiger partial charge on any atom is 6.00 e. The minimum absolute atomic E-state index is 0. The molecule has 1 aromatic carbocycles. The summed E-state index contributed by atoms with van der Waals surface area (Å²) in [7, 11) is 0. The van der Waals surface area contributed by atoms with Crippen molar-refractivity contribution in [3.05, 3.63) is 56.3 Å². The van der Waals surface area contributed by atoms with E-state index in [9.17, 15) is 8.76 Å². The SMILES string of the molecule is C=CCS(=O)[O-].[C-]#[O+].[C-]#[O+].[Fe+6].[c-]1[c-][c-][cH-][c-]1. The van der Waals surface area contributed by atoms with Crippen LogP contribution in [-0.2, 0) is 37.5 Å². The van der Waals surface area contributed by atoms with Gasteiger partial charge in [-0.1, -0.05) is 17.2 Å². The minimum atomic E-state index is -1.93. The summed E-state index contributed by atoms with van der Waals surface area (Å²) in [4.78, 5) is 0. The van der Waals surface area contributed by atoms with Crippen molar-refractivity contribution in [2.45, 2.75) is 0 Å². The second-order valence-electron chi connectivity index (χ2n) is 1.44. The standard InChI is InChI=1S/C5H.C3H6O2S.2CO.Fe/c1-2-4-5-3-1;1-2-3-6(4)5;2*1-2;/h1H;2H,1,3H2,(H,4,5);;;/q-5;;;;+6/p-1. The van der Waals surface area contributed by atoms with Gasteiger partial charge in [-0.15, -0.1) is 6.58 Å². The fraction of sp³-hybridized carbons (Fsp3) is 0.100. The summed E-state index contributed by atoms with van der Waals surface area (Å²) in [6, 6.07) is 12.0. The number of hydrogen-bond acceptors (Lipinski definition) is 2. The Morgan fingerprint density at radius 2 is 1.69 bits per heavy atom. The first kappa shape index (κ1) is 24.4. The molecule has 0 spiro atoms. The molecule has 84 valence electrons. The molecule has 0 amide bonds. The Bertz CT molecular complexity index is 244. The second-order valence-corrected chi connectivity index (χ2v) is 2.38. The molecule has 1 unspecified atom stereocenters. The van der Waals surface area contributed by atoms with Crippen molar-refractivity contribution < 1.29 is 35.1 Å². The van der Waals surface area contributed by atoms with Gasteiger partial charge in [0.2, 0.25) is 0 Å². The van der Waals surface area contributed by atoms with Crippen LogP contribution >= 0.6 is 0 Å². The van der Waals surface area contributed by atoms with Gasteiger partial charge >= 0.3 is 39.7 Å². The third-order valence-electron chi connectivity index (χ3n) is 0.605. The van der Waals surface area contributed by atoms with Crippen molar-refractivity contribution in [1.82, 2.24) is 0 Å². The summed E-state index contributed by atoms with van der Waals surface area (Å²) in [5.41, 5.74) is 0. The van der Waals surface area contributed by atoms with Gasteiger partial charge in [-0.3, -0.25) is 4.21 Å². The average molecular weight is 278 g/mol. The van der Waals surface area contributed by atoms with E-state index in [1.165, 1.54) is 6.08 Å². The summed E-state index contributed by atoms with van der Waals surface area (Å²) < 4.78 is 34.1. The number of rotatable bonds is 2. The Kier molecular flexibility index (Phi) is 44.6. The molecular weight excluding hydrogens is 272 g/mol. The van der Waals surface area contributed by atoms with Crippen LogP contribution in [0, 0.1) is 37.6 Å². The summed E-state index contributed by atoms with van der Waals surface area (Å²) in [5, 5.41) is 0. The zero-order chi connectivity index (χ0) is 12.5. The van der Waals surface area contributed by atoms with E-state index in [1.807, 2.05) is 0 Å². The van der Waals surface area contributed by atoms with Gasteiger partial charge in [0.25, 0.3) is 0 Å². The Hall–Kier alpha value is -0.801. The Balaban J connectivity index is -0.0000000658. The quantitative estimate of drug-likeness (QED) is 0.261. The van der Waals surface area contributed by atoms with Crippen molar-refractivity contribution in [2.75, 3.05) is 5.75 Å². The topological polar surface area (TPSA) is 79.9 Å². The molecule has 0 aliphatic rings. The van der Waals surface area contributed by atoms with E-state index in [2.05, 4.69) is 44.1 Å². The second kappa shape index (κ2) is 29.2. The van der Waals surface area contributed by atoms with Gasteiger partial charge in [0.15, 0.2) is 0 Å². The van der Waals surface area contributed by atoms with Crippen molar-refractivity contribution in [3.63, 3.8) is 0 Å². The summed E-state index contributed by atoms with van der Waals surface area (Å²) in [6.45, 7) is 12.2. The Morgan fingerprint density at radius 1 is 1.31 bits per heavy atom. The van der Waals surface area contributed by atoms with Gasteiger partial charge in [0, 0.05) is 5.75 Å². The fourth-order valence-electron chi connectivity index (χ4n) is 0.277. The van der Waals surface area contributed by atoms with Gasteiger partial charge < -0.3 is 34.9 Å². The molecule has 0 fully saturated rings. The molecule has 0 heterocycles. The van der Waals surface area contributed by atoms with Crippen LogP contribution in [0.5, 0.6) is 0 Å². The van der Waals surface area contributed by atoms with Crippen molar-refractivity contribution in [1.29, 1.82) is 0 Å². The van der Waals surface area contributed by atoms with Crippen LogP contribution in [0.25, 0.3) is 0 Å². The molecule has 0 aliphatic carbocycles. The van der Waals surface area contributed by atoms with Gasteiger partial charge in [-0.25, -0.2) is 0 Å². The summed E-state index contributed by atoms with van der Waals surface area (Å²) in [6.07, 6.45) is 1.34. The fourth-order valence-corrected chi connectivity index (χ4v) is 0.469. The first-order valence-corrected chi connectivity index (χ1v) is 4.42. The average Bonchev–Trinajstić information content (AvgIpc) is 2.82. The van der Waals surface area contributed by atoms with Crippen LogP contribution in [0.4, 0.5) is 0 Å². The molecule has 0 aliphatic heterocycles. The van der Waals surface area contributed by atoms with E-state index in [1.54, 1.807) is 6.07 Å². The van der Waals surface area contributed by atoms with E-state index in [0.717, 1.165) is 0 Å². The van der Waals surface area contributed by atoms with Crippen molar-refractivity contribution in [3.8, 4) is 0 Å². The van der Waals surface area contributed by atoms with Crippen LogP contribution in [0.3, 0.4) is 0 Å². The van der Waals surface area contributed by atoms with E-state index < -0.39 is 11.1 Å². The van der Waals surface area contributed by atoms with Crippen LogP contribution in [-0.4, -0.2) is 14.5 Å².